The molecule has 0 radical (unpaired) electrons. The number of nitrogens with one attached hydrogen (secondary N) is 1. The van der Waals surface area contributed by atoms with Gasteiger partial charge in [0, 0.05) is 24.3 Å². The summed E-state index contributed by atoms with van der Waals surface area (Å²) in [6, 6.07) is 4.24. The van der Waals surface area contributed by atoms with E-state index in [1.165, 1.54) is 22.9 Å². The summed E-state index contributed by atoms with van der Waals surface area (Å²) >= 11 is 1.76. The molecule has 1 saturated carbocycles. The molecule has 2 aromatic rings. The predicted octanol–water partition coefficient (Wildman–Crippen LogP) is 3.75. The van der Waals surface area contributed by atoms with E-state index in [0.717, 1.165) is 37.6 Å². The molecule has 108 valence electrons. The summed E-state index contributed by atoms with van der Waals surface area (Å²) in [6.07, 6.45) is 3.31. The van der Waals surface area contributed by atoms with E-state index >= 15 is 0 Å². The van der Waals surface area contributed by atoms with Crippen molar-refractivity contribution in [2.75, 3.05) is 6.54 Å². The van der Waals surface area contributed by atoms with Crippen LogP contribution in [0, 0.1) is 5.92 Å². The van der Waals surface area contributed by atoms with Crippen LogP contribution in [0.15, 0.2) is 21.9 Å². The highest BCUT2D eigenvalue weighted by Gasteiger charge is 2.36. The summed E-state index contributed by atoms with van der Waals surface area (Å²) < 4.78 is 5.88. The number of aryl methyl sites for hydroxylation is 1. The van der Waals surface area contributed by atoms with Crippen molar-refractivity contribution in [2.24, 2.45) is 5.92 Å². The number of hydrogen-bond acceptors (Lipinski definition) is 4. The molecule has 20 heavy (non-hydrogen) atoms. The first kappa shape index (κ1) is 13.8. The Morgan fingerprint density at radius 2 is 2.30 bits per heavy atom. The fourth-order valence-electron chi connectivity index (χ4n) is 2.46. The molecule has 1 aliphatic carbocycles. The zero-order valence-electron chi connectivity index (χ0n) is 12.2. The molecule has 0 amide bonds. The van der Waals surface area contributed by atoms with Crippen molar-refractivity contribution >= 4 is 11.3 Å². The second kappa shape index (κ2) is 6.10. The molecule has 2 aromatic heterocycles. The fourth-order valence-corrected chi connectivity index (χ4v) is 3.24. The van der Waals surface area contributed by atoms with Crippen LogP contribution >= 0.6 is 11.3 Å². The summed E-state index contributed by atoms with van der Waals surface area (Å²) in [5.74, 6) is 3.69. The summed E-state index contributed by atoms with van der Waals surface area (Å²) in [7, 11) is 0. The van der Waals surface area contributed by atoms with Crippen molar-refractivity contribution in [3.8, 4) is 0 Å². The van der Waals surface area contributed by atoms with Gasteiger partial charge in [-0.05, 0) is 30.9 Å². The van der Waals surface area contributed by atoms with E-state index in [1.54, 1.807) is 11.3 Å². The Morgan fingerprint density at radius 3 is 3.00 bits per heavy atom. The Bertz CT molecular complexity index is 560. The van der Waals surface area contributed by atoms with Crippen LogP contribution in [0.5, 0.6) is 0 Å². The standard InChI is InChI=1S/C16H22N2OS/c1-3-16-18-12(10-20-16)6-7-17-9-13-4-5-15(19-13)14-8-11(14)2/h4-5,10-11,14,17H,3,6-9H2,1-2H3. The lowest BCUT2D eigenvalue weighted by atomic mass is 10.3. The molecule has 1 aliphatic rings. The second-order valence-electron chi connectivity index (χ2n) is 5.64. The van der Waals surface area contributed by atoms with Crippen LogP contribution in [0.2, 0.25) is 0 Å². The molecule has 0 spiro atoms. The maximum absolute atomic E-state index is 5.88. The summed E-state index contributed by atoms with van der Waals surface area (Å²) in [5.41, 5.74) is 1.20. The van der Waals surface area contributed by atoms with Crippen LogP contribution < -0.4 is 5.32 Å². The van der Waals surface area contributed by atoms with Crippen molar-refractivity contribution in [2.45, 2.75) is 45.6 Å². The van der Waals surface area contributed by atoms with Gasteiger partial charge in [0.15, 0.2) is 0 Å². The van der Waals surface area contributed by atoms with E-state index in [-0.39, 0.29) is 0 Å². The Balaban J connectivity index is 1.40. The smallest absolute Gasteiger partial charge is 0.117 e. The molecular formula is C16H22N2OS. The largest absolute Gasteiger partial charge is 0.464 e. The van der Waals surface area contributed by atoms with Crippen molar-refractivity contribution in [1.29, 1.82) is 0 Å². The van der Waals surface area contributed by atoms with Crippen LogP contribution in [-0.2, 0) is 19.4 Å². The molecule has 0 saturated heterocycles. The molecule has 2 heterocycles. The van der Waals surface area contributed by atoms with Gasteiger partial charge in [-0.3, -0.25) is 0 Å². The Kier molecular flexibility index (Phi) is 4.22. The van der Waals surface area contributed by atoms with Crippen LogP contribution in [0.25, 0.3) is 0 Å². The molecule has 0 bridgehead atoms. The second-order valence-corrected chi connectivity index (χ2v) is 6.58. The third kappa shape index (κ3) is 3.30. The van der Waals surface area contributed by atoms with Crippen molar-refractivity contribution in [1.82, 2.24) is 10.3 Å². The van der Waals surface area contributed by atoms with Crippen LogP contribution in [0.4, 0.5) is 0 Å². The Labute approximate surface area is 124 Å². The monoisotopic (exact) mass is 290 g/mol. The van der Waals surface area contributed by atoms with Crippen LogP contribution in [-0.4, -0.2) is 11.5 Å². The summed E-state index contributed by atoms with van der Waals surface area (Å²) in [6.45, 7) is 6.19. The minimum absolute atomic E-state index is 0.672. The molecule has 0 aliphatic heterocycles. The Morgan fingerprint density at radius 1 is 1.45 bits per heavy atom. The molecule has 1 fully saturated rings. The van der Waals surface area contributed by atoms with Crippen LogP contribution in [0.1, 0.15) is 48.4 Å². The van der Waals surface area contributed by atoms with Gasteiger partial charge < -0.3 is 9.73 Å². The number of nitrogens with zero attached hydrogens (tertiary/aromatic N) is 1. The normalized spacial score (nSPS) is 21.3. The highest BCUT2D eigenvalue weighted by Crippen LogP contribution is 2.47. The van der Waals surface area contributed by atoms with Gasteiger partial charge >= 0.3 is 0 Å². The highest BCUT2D eigenvalue weighted by molar-refractivity contribution is 7.09. The minimum Gasteiger partial charge on any atom is -0.464 e. The first-order valence-corrected chi connectivity index (χ1v) is 8.37. The molecule has 3 nitrogen and oxygen atoms in total. The molecule has 2 atom stereocenters. The quantitative estimate of drug-likeness (QED) is 0.789. The average Bonchev–Trinajstić information content (AvgIpc) is 2.89. The summed E-state index contributed by atoms with van der Waals surface area (Å²) in [5, 5.41) is 6.83. The summed E-state index contributed by atoms with van der Waals surface area (Å²) in [4.78, 5) is 4.57. The van der Waals surface area contributed by atoms with Gasteiger partial charge in [-0.25, -0.2) is 4.98 Å². The van der Waals surface area contributed by atoms with E-state index < -0.39 is 0 Å². The molecule has 1 N–H and O–H groups in total. The number of furan rings is 1. The van der Waals surface area contributed by atoms with Crippen molar-refractivity contribution < 1.29 is 4.42 Å². The molecule has 4 heteroatoms. The third-order valence-electron chi connectivity index (χ3n) is 3.92. The van der Waals surface area contributed by atoms with Gasteiger partial charge in [0.05, 0.1) is 17.2 Å². The zero-order chi connectivity index (χ0) is 13.9. The lowest BCUT2D eigenvalue weighted by Crippen LogP contribution is -2.16. The average molecular weight is 290 g/mol. The van der Waals surface area contributed by atoms with E-state index in [9.17, 15) is 0 Å². The van der Waals surface area contributed by atoms with E-state index in [4.69, 9.17) is 4.42 Å². The number of hydrogen-bond donors (Lipinski definition) is 1. The van der Waals surface area contributed by atoms with Crippen molar-refractivity contribution in [3.05, 3.63) is 39.7 Å². The van der Waals surface area contributed by atoms with Crippen molar-refractivity contribution in [3.63, 3.8) is 0 Å². The van der Waals surface area contributed by atoms with Gasteiger partial charge in [-0.15, -0.1) is 11.3 Å². The van der Waals surface area contributed by atoms with Gasteiger partial charge in [0.2, 0.25) is 0 Å². The first-order chi connectivity index (χ1) is 9.76. The van der Waals surface area contributed by atoms with Gasteiger partial charge in [0.25, 0.3) is 0 Å². The number of thiazole rings is 1. The van der Waals surface area contributed by atoms with Gasteiger partial charge in [0.1, 0.15) is 11.5 Å². The topological polar surface area (TPSA) is 38.1 Å². The third-order valence-corrected chi connectivity index (χ3v) is 4.96. The van der Waals surface area contributed by atoms with Gasteiger partial charge in [-0.1, -0.05) is 13.8 Å². The fraction of sp³-hybridized carbons (Fsp3) is 0.562. The maximum Gasteiger partial charge on any atom is 0.117 e. The van der Waals surface area contributed by atoms with Gasteiger partial charge in [-0.2, -0.15) is 0 Å². The predicted molar refractivity (Wildman–Crippen MR) is 82.1 cm³/mol. The van der Waals surface area contributed by atoms with E-state index in [2.05, 4.69) is 41.7 Å². The molecule has 0 aromatic carbocycles. The SMILES string of the molecule is CCc1nc(CCNCc2ccc(C3CC3C)o2)cs1. The first-order valence-electron chi connectivity index (χ1n) is 7.49. The van der Waals surface area contributed by atoms with E-state index in [1.807, 2.05) is 0 Å². The zero-order valence-corrected chi connectivity index (χ0v) is 13.0. The lowest BCUT2D eigenvalue weighted by molar-refractivity contribution is 0.445. The molecule has 2 unspecified atom stereocenters. The molecule has 3 rings (SSSR count). The highest BCUT2D eigenvalue weighted by atomic mass is 32.1. The van der Waals surface area contributed by atoms with Crippen LogP contribution in [0.3, 0.4) is 0 Å². The maximum atomic E-state index is 5.88. The van der Waals surface area contributed by atoms with E-state index in [0.29, 0.717) is 5.92 Å². The lowest BCUT2D eigenvalue weighted by Gasteiger charge is -2.01. The molecular weight excluding hydrogens is 268 g/mol. The Hall–Kier alpha value is -1.13. The number of aromatic nitrogens is 1. The minimum atomic E-state index is 0.672. The number of rotatable bonds is 7.